The lowest BCUT2D eigenvalue weighted by Gasteiger charge is -2.15. The van der Waals surface area contributed by atoms with E-state index in [1.807, 2.05) is 24.3 Å². The average molecular weight is 225 g/mol. The highest BCUT2D eigenvalue weighted by Gasteiger charge is 2.27. The summed E-state index contributed by atoms with van der Waals surface area (Å²) in [5, 5.41) is 0.165. The third-order valence-electron chi connectivity index (χ3n) is 2.27. The number of carbonyl (C=O) groups excluding carboxylic acids is 1. The first-order chi connectivity index (χ1) is 6.66. The second-order valence-electron chi connectivity index (χ2n) is 3.38. The molecule has 0 bridgehead atoms. The Morgan fingerprint density at radius 1 is 1.29 bits per heavy atom. The summed E-state index contributed by atoms with van der Waals surface area (Å²) in [4.78, 5) is 14.2. The molecule has 0 spiro atoms. The Bertz CT molecular complexity index is 350. The molecule has 4 heteroatoms. The van der Waals surface area contributed by atoms with Crippen LogP contribution in [0, 0.1) is 0 Å². The fourth-order valence-electron chi connectivity index (χ4n) is 1.57. The van der Waals surface area contributed by atoms with Crippen LogP contribution in [0.25, 0.3) is 0 Å². The van der Waals surface area contributed by atoms with Crippen LogP contribution in [0.1, 0.15) is 6.42 Å². The summed E-state index contributed by atoms with van der Waals surface area (Å²) in [5.41, 5.74) is 0.935. The third-order valence-corrected chi connectivity index (χ3v) is 2.91. The number of amides is 1. The highest BCUT2D eigenvalue weighted by atomic mass is 32.1. The van der Waals surface area contributed by atoms with Gasteiger partial charge in [-0.25, -0.2) is 0 Å². The van der Waals surface area contributed by atoms with E-state index < -0.39 is 0 Å². The van der Waals surface area contributed by atoms with Crippen molar-refractivity contribution in [2.45, 2.75) is 16.6 Å². The second kappa shape index (κ2) is 3.87. The van der Waals surface area contributed by atoms with E-state index in [1.165, 1.54) is 0 Å². The molecule has 2 rings (SSSR count). The first-order valence-electron chi connectivity index (χ1n) is 4.44. The molecule has 1 heterocycles. The maximum absolute atomic E-state index is 11.5. The van der Waals surface area contributed by atoms with E-state index in [-0.39, 0.29) is 11.2 Å². The van der Waals surface area contributed by atoms with E-state index in [4.69, 9.17) is 0 Å². The van der Waals surface area contributed by atoms with Gasteiger partial charge in [-0.05, 0) is 24.3 Å². The van der Waals surface area contributed by atoms with Crippen LogP contribution in [0.2, 0.25) is 0 Å². The molecule has 0 aromatic heterocycles. The summed E-state index contributed by atoms with van der Waals surface area (Å²) < 4.78 is 0. The van der Waals surface area contributed by atoms with Gasteiger partial charge in [0.1, 0.15) is 0 Å². The lowest BCUT2D eigenvalue weighted by Crippen LogP contribution is -2.24. The molecule has 1 saturated heterocycles. The van der Waals surface area contributed by atoms with Gasteiger partial charge in [0.25, 0.3) is 0 Å². The summed E-state index contributed by atoms with van der Waals surface area (Å²) in [6.45, 7) is 0.702. The number of hydrogen-bond donors (Lipinski definition) is 2. The van der Waals surface area contributed by atoms with Gasteiger partial charge < -0.3 is 4.90 Å². The van der Waals surface area contributed by atoms with Gasteiger partial charge in [-0.3, -0.25) is 4.79 Å². The molecule has 74 valence electrons. The van der Waals surface area contributed by atoms with E-state index in [2.05, 4.69) is 25.3 Å². The van der Waals surface area contributed by atoms with E-state index in [0.29, 0.717) is 13.0 Å². The molecular formula is C10H11NOS2. The largest absolute Gasteiger partial charge is 0.311 e. The Balaban J connectivity index is 2.23. The zero-order valence-electron chi connectivity index (χ0n) is 7.55. The number of thiol groups is 2. The maximum Gasteiger partial charge on any atom is 0.228 e. The summed E-state index contributed by atoms with van der Waals surface area (Å²) in [6, 6.07) is 7.59. The number of anilines is 1. The van der Waals surface area contributed by atoms with Crippen molar-refractivity contribution in [1.29, 1.82) is 0 Å². The molecule has 1 aliphatic heterocycles. The molecule has 1 aromatic carbocycles. The first kappa shape index (κ1) is 9.93. The van der Waals surface area contributed by atoms with E-state index in [9.17, 15) is 4.79 Å². The van der Waals surface area contributed by atoms with Crippen molar-refractivity contribution in [2.75, 3.05) is 11.4 Å². The molecule has 14 heavy (non-hydrogen) atoms. The summed E-state index contributed by atoms with van der Waals surface area (Å²) in [6.07, 6.45) is 0.533. The molecule has 1 unspecified atom stereocenters. The number of rotatable bonds is 1. The first-order valence-corrected chi connectivity index (χ1v) is 5.40. The van der Waals surface area contributed by atoms with Gasteiger partial charge in [0, 0.05) is 28.8 Å². The Morgan fingerprint density at radius 3 is 2.43 bits per heavy atom. The molecule has 0 aliphatic carbocycles. The van der Waals surface area contributed by atoms with Gasteiger partial charge >= 0.3 is 0 Å². The smallest absolute Gasteiger partial charge is 0.228 e. The Labute approximate surface area is 94.1 Å². The van der Waals surface area contributed by atoms with Crippen molar-refractivity contribution in [1.82, 2.24) is 0 Å². The van der Waals surface area contributed by atoms with Crippen molar-refractivity contribution in [3.63, 3.8) is 0 Å². The zero-order chi connectivity index (χ0) is 10.1. The van der Waals surface area contributed by atoms with Gasteiger partial charge in [-0.15, -0.1) is 12.6 Å². The van der Waals surface area contributed by atoms with Gasteiger partial charge in [-0.2, -0.15) is 12.6 Å². The van der Waals surface area contributed by atoms with Crippen LogP contribution in [0.3, 0.4) is 0 Å². The van der Waals surface area contributed by atoms with Crippen LogP contribution in [0.15, 0.2) is 29.2 Å². The summed E-state index contributed by atoms with van der Waals surface area (Å²) >= 11 is 8.50. The fraction of sp³-hybridized carbons (Fsp3) is 0.300. The highest BCUT2D eigenvalue weighted by Crippen LogP contribution is 2.24. The van der Waals surface area contributed by atoms with Crippen molar-refractivity contribution < 1.29 is 4.79 Å². The number of nitrogens with zero attached hydrogens (tertiary/aromatic N) is 1. The minimum atomic E-state index is 0.150. The van der Waals surface area contributed by atoms with Gasteiger partial charge in [0.05, 0.1) is 0 Å². The van der Waals surface area contributed by atoms with Crippen molar-refractivity contribution in [2.24, 2.45) is 0 Å². The van der Waals surface area contributed by atoms with Crippen LogP contribution >= 0.6 is 25.3 Å². The number of benzene rings is 1. The quantitative estimate of drug-likeness (QED) is 0.701. The fourth-order valence-corrected chi connectivity index (χ4v) is 2.04. The summed E-state index contributed by atoms with van der Waals surface area (Å²) in [5.74, 6) is 0.150. The van der Waals surface area contributed by atoms with Crippen LogP contribution in [0.4, 0.5) is 5.69 Å². The van der Waals surface area contributed by atoms with E-state index in [1.54, 1.807) is 4.90 Å². The minimum Gasteiger partial charge on any atom is -0.311 e. The number of hydrogen-bond acceptors (Lipinski definition) is 3. The van der Waals surface area contributed by atoms with Crippen molar-refractivity contribution in [3.8, 4) is 0 Å². The predicted octanol–water partition coefficient (Wildman–Crippen LogP) is 2.01. The summed E-state index contributed by atoms with van der Waals surface area (Å²) in [7, 11) is 0. The third kappa shape index (κ3) is 1.91. The lowest BCUT2D eigenvalue weighted by molar-refractivity contribution is -0.117. The van der Waals surface area contributed by atoms with Gasteiger partial charge in [-0.1, -0.05) is 0 Å². The van der Waals surface area contributed by atoms with E-state index in [0.717, 1.165) is 10.6 Å². The predicted molar refractivity (Wildman–Crippen MR) is 63.4 cm³/mol. The maximum atomic E-state index is 11.5. The van der Waals surface area contributed by atoms with Crippen molar-refractivity contribution >= 4 is 36.9 Å². The Hall–Kier alpha value is -0.610. The van der Waals surface area contributed by atoms with Crippen LogP contribution < -0.4 is 4.90 Å². The topological polar surface area (TPSA) is 20.3 Å². The molecule has 0 radical (unpaired) electrons. The standard InChI is InChI=1S/C10H11NOS2/c12-10-5-9(14)6-11(10)7-1-3-8(13)4-2-7/h1-4,9,13-14H,5-6H2. The Kier molecular flexibility index (Phi) is 2.74. The number of carbonyl (C=O) groups is 1. The normalized spacial score (nSPS) is 21.7. The second-order valence-corrected chi connectivity index (χ2v) is 4.63. The van der Waals surface area contributed by atoms with E-state index >= 15 is 0 Å². The highest BCUT2D eigenvalue weighted by molar-refractivity contribution is 7.81. The van der Waals surface area contributed by atoms with Crippen LogP contribution in [-0.2, 0) is 4.79 Å². The van der Waals surface area contributed by atoms with Crippen LogP contribution in [0.5, 0.6) is 0 Å². The molecule has 1 amide bonds. The molecule has 1 aliphatic rings. The average Bonchev–Trinajstić information content (AvgIpc) is 2.47. The van der Waals surface area contributed by atoms with Crippen LogP contribution in [-0.4, -0.2) is 17.7 Å². The minimum absolute atomic E-state index is 0.150. The molecule has 0 N–H and O–H groups in total. The van der Waals surface area contributed by atoms with Gasteiger partial charge in [0.2, 0.25) is 5.91 Å². The molecule has 1 aromatic rings. The molecule has 1 atom stereocenters. The monoisotopic (exact) mass is 225 g/mol. The zero-order valence-corrected chi connectivity index (χ0v) is 9.34. The van der Waals surface area contributed by atoms with Gasteiger partial charge in [0.15, 0.2) is 0 Å². The SMILES string of the molecule is O=C1CC(S)CN1c1ccc(S)cc1. The Morgan fingerprint density at radius 2 is 1.93 bits per heavy atom. The molecule has 2 nitrogen and oxygen atoms in total. The molecular weight excluding hydrogens is 214 g/mol. The molecule has 1 fully saturated rings. The molecule has 0 saturated carbocycles. The van der Waals surface area contributed by atoms with Crippen molar-refractivity contribution in [3.05, 3.63) is 24.3 Å². The lowest BCUT2D eigenvalue weighted by atomic mass is 10.3.